The maximum atomic E-state index is 12.7. The summed E-state index contributed by atoms with van der Waals surface area (Å²) in [6.07, 6.45) is 0. The molecule has 1 rings (SSSR count). The number of hydrogen-bond donors (Lipinski definition) is 0. The predicted molar refractivity (Wildman–Crippen MR) is 89.1 cm³/mol. The molecule has 1 aromatic carbocycles. The second-order valence-corrected chi connectivity index (χ2v) is 9.67. The Hall–Kier alpha value is -0.500. The van der Waals surface area contributed by atoms with E-state index in [2.05, 4.69) is 0 Å². The highest BCUT2D eigenvalue weighted by molar-refractivity contribution is 8.17. The minimum absolute atomic E-state index is 0.267. The van der Waals surface area contributed by atoms with Crippen molar-refractivity contribution in [3.8, 4) is 0 Å². The van der Waals surface area contributed by atoms with Gasteiger partial charge in [0.2, 0.25) is 0 Å². The van der Waals surface area contributed by atoms with Gasteiger partial charge in [0.15, 0.2) is 0 Å². The normalized spacial score (nSPS) is 12.6. The van der Waals surface area contributed by atoms with Gasteiger partial charge >= 0.3 is 16.9 Å². The Morgan fingerprint density at radius 2 is 1.57 bits per heavy atom. The SMILES string of the molecule is CCOP(=S)(OCC)N(c1ccccc1)S(=O)(=O)N(C)C. The molecule has 0 N–H and O–H groups in total. The molecule has 0 unspecified atom stereocenters. The van der Waals surface area contributed by atoms with Crippen LogP contribution >= 0.6 is 6.64 Å². The molecule has 0 atom stereocenters. The molecule has 0 saturated heterocycles. The molecule has 1 aromatic rings. The highest BCUT2D eigenvalue weighted by Gasteiger charge is 2.39. The van der Waals surface area contributed by atoms with Crippen molar-refractivity contribution < 1.29 is 17.5 Å². The first-order valence-corrected chi connectivity index (χ1v) is 10.5. The Kier molecular flexibility index (Phi) is 6.77. The van der Waals surface area contributed by atoms with Crippen LogP contribution in [0.2, 0.25) is 0 Å². The van der Waals surface area contributed by atoms with E-state index in [1.807, 2.05) is 0 Å². The van der Waals surface area contributed by atoms with E-state index in [0.717, 1.165) is 8.38 Å². The maximum Gasteiger partial charge on any atom is 0.310 e. The van der Waals surface area contributed by atoms with Crippen molar-refractivity contribution >= 4 is 34.3 Å². The predicted octanol–water partition coefficient (Wildman–Crippen LogP) is 2.60. The average Bonchev–Trinajstić information content (AvgIpc) is 2.40. The summed E-state index contributed by atoms with van der Waals surface area (Å²) in [5.74, 6) is 0. The molecular formula is C12H21N2O4PS2. The second kappa shape index (κ2) is 7.67. The summed E-state index contributed by atoms with van der Waals surface area (Å²) in [6, 6.07) is 8.62. The van der Waals surface area contributed by atoms with Gasteiger partial charge in [-0.05, 0) is 37.8 Å². The zero-order chi connectivity index (χ0) is 16.1. The number of benzene rings is 1. The van der Waals surface area contributed by atoms with Crippen molar-refractivity contribution in [1.82, 2.24) is 4.31 Å². The third kappa shape index (κ3) is 4.25. The van der Waals surface area contributed by atoms with E-state index in [-0.39, 0.29) is 13.2 Å². The van der Waals surface area contributed by atoms with Gasteiger partial charge in [-0.15, -0.1) is 0 Å². The lowest BCUT2D eigenvalue weighted by atomic mass is 10.3. The van der Waals surface area contributed by atoms with E-state index in [9.17, 15) is 8.42 Å². The largest absolute Gasteiger partial charge is 0.313 e. The number of hydrogen-bond acceptors (Lipinski definition) is 5. The van der Waals surface area contributed by atoms with Crippen LogP contribution in [0.4, 0.5) is 5.69 Å². The highest BCUT2D eigenvalue weighted by atomic mass is 32.5. The first kappa shape index (κ1) is 18.5. The van der Waals surface area contributed by atoms with Crippen LogP contribution in [0.1, 0.15) is 13.8 Å². The fourth-order valence-corrected chi connectivity index (χ4v) is 7.04. The summed E-state index contributed by atoms with van der Waals surface area (Å²) in [5.41, 5.74) is 0.427. The van der Waals surface area contributed by atoms with Gasteiger partial charge in [-0.2, -0.15) is 16.8 Å². The third-order valence-corrected chi connectivity index (χ3v) is 8.58. The first-order chi connectivity index (χ1) is 9.79. The Balaban J connectivity index is 3.48. The van der Waals surface area contributed by atoms with Gasteiger partial charge in [0.05, 0.1) is 18.9 Å². The van der Waals surface area contributed by atoms with Gasteiger partial charge in [-0.3, -0.25) is 0 Å². The van der Waals surface area contributed by atoms with Gasteiger partial charge in [0, 0.05) is 14.1 Å². The summed E-state index contributed by atoms with van der Waals surface area (Å²) >= 11 is 5.46. The van der Waals surface area contributed by atoms with E-state index >= 15 is 0 Å². The Morgan fingerprint density at radius 3 is 1.95 bits per heavy atom. The molecule has 0 aliphatic rings. The van der Waals surface area contributed by atoms with E-state index in [4.69, 9.17) is 20.9 Å². The molecule has 0 aromatic heterocycles. The smallest absolute Gasteiger partial charge is 0.310 e. The van der Waals surface area contributed by atoms with Crippen molar-refractivity contribution in [1.29, 1.82) is 0 Å². The first-order valence-electron chi connectivity index (χ1n) is 6.47. The number of anilines is 1. The number of nitrogens with zero attached hydrogens (tertiary/aromatic N) is 2. The Morgan fingerprint density at radius 1 is 1.10 bits per heavy atom. The lowest BCUT2D eigenvalue weighted by molar-refractivity contribution is 0.267. The van der Waals surface area contributed by atoms with Crippen LogP contribution in [0, 0.1) is 0 Å². The van der Waals surface area contributed by atoms with Crippen LogP contribution in [0.5, 0.6) is 0 Å². The number of para-hydroxylation sites is 1. The maximum absolute atomic E-state index is 12.7. The number of rotatable bonds is 8. The molecule has 0 fully saturated rings. The molecule has 0 spiro atoms. The van der Waals surface area contributed by atoms with E-state index in [1.54, 1.807) is 44.2 Å². The zero-order valence-corrected chi connectivity index (χ0v) is 15.1. The molecule has 9 heteroatoms. The summed E-state index contributed by atoms with van der Waals surface area (Å²) in [5, 5.41) is 0. The van der Waals surface area contributed by atoms with Gasteiger partial charge in [0.1, 0.15) is 0 Å². The lowest BCUT2D eigenvalue weighted by Crippen LogP contribution is -2.39. The molecule has 0 aliphatic heterocycles. The van der Waals surface area contributed by atoms with Crippen LogP contribution in [-0.4, -0.2) is 40.0 Å². The fraction of sp³-hybridized carbons (Fsp3) is 0.500. The topological polar surface area (TPSA) is 59.1 Å². The molecule has 0 bridgehead atoms. The van der Waals surface area contributed by atoms with Crippen LogP contribution in [0.15, 0.2) is 30.3 Å². The molecule has 0 aliphatic carbocycles. The van der Waals surface area contributed by atoms with Gasteiger partial charge < -0.3 is 9.05 Å². The molecule has 0 saturated carbocycles. The molecule has 6 nitrogen and oxygen atoms in total. The van der Waals surface area contributed by atoms with Crippen LogP contribution < -0.4 is 4.08 Å². The van der Waals surface area contributed by atoms with Crippen LogP contribution in [0.3, 0.4) is 0 Å². The molecule has 21 heavy (non-hydrogen) atoms. The minimum atomic E-state index is -3.83. The Labute approximate surface area is 132 Å². The van der Waals surface area contributed by atoms with Crippen LogP contribution in [0.25, 0.3) is 0 Å². The van der Waals surface area contributed by atoms with Crippen molar-refractivity contribution in [2.24, 2.45) is 0 Å². The molecular weight excluding hydrogens is 331 g/mol. The van der Waals surface area contributed by atoms with Crippen LogP contribution in [-0.2, 0) is 31.1 Å². The second-order valence-electron chi connectivity index (χ2n) is 4.17. The Bertz CT molecular complexity index is 583. The van der Waals surface area contributed by atoms with Gasteiger partial charge in [-0.25, -0.2) is 0 Å². The lowest BCUT2D eigenvalue weighted by Gasteiger charge is -2.35. The highest BCUT2D eigenvalue weighted by Crippen LogP contribution is 2.56. The standard InChI is InChI=1S/C12H21N2O4PS2/c1-5-17-19(20,18-6-2)14(21(15,16)13(3)4)12-10-8-7-9-11-12/h7-11H,5-6H2,1-4H3. The monoisotopic (exact) mass is 352 g/mol. The summed E-state index contributed by atoms with van der Waals surface area (Å²) in [4.78, 5) is 0. The molecule has 0 radical (unpaired) electrons. The van der Waals surface area contributed by atoms with Crippen molar-refractivity contribution in [2.45, 2.75) is 13.8 Å². The summed E-state index contributed by atoms with van der Waals surface area (Å²) in [7, 11) is -0.938. The summed E-state index contributed by atoms with van der Waals surface area (Å²) < 4.78 is 38.6. The zero-order valence-electron chi connectivity index (χ0n) is 12.6. The summed E-state index contributed by atoms with van der Waals surface area (Å²) in [6.45, 7) is 0.856. The van der Waals surface area contributed by atoms with Gasteiger partial charge in [-0.1, -0.05) is 18.2 Å². The third-order valence-electron chi connectivity index (χ3n) is 2.46. The van der Waals surface area contributed by atoms with Gasteiger partial charge in [0.25, 0.3) is 0 Å². The minimum Gasteiger partial charge on any atom is -0.313 e. The van der Waals surface area contributed by atoms with E-state index in [0.29, 0.717) is 5.69 Å². The fourth-order valence-electron chi connectivity index (χ4n) is 1.58. The van der Waals surface area contributed by atoms with E-state index in [1.165, 1.54) is 14.1 Å². The molecule has 120 valence electrons. The van der Waals surface area contributed by atoms with Crippen molar-refractivity contribution in [2.75, 3.05) is 31.4 Å². The van der Waals surface area contributed by atoms with Crippen molar-refractivity contribution in [3.63, 3.8) is 0 Å². The molecule has 0 heterocycles. The average molecular weight is 352 g/mol. The van der Waals surface area contributed by atoms with E-state index < -0.39 is 16.9 Å². The quantitative estimate of drug-likeness (QED) is 0.673. The van der Waals surface area contributed by atoms with Crippen molar-refractivity contribution in [3.05, 3.63) is 30.3 Å². The molecule has 0 amide bonds.